The average molecular weight is 379 g/mol. The summed E-state index contributed by atoms with van der Waals surface area (Å²) >= 11 is 0. The number of hydrogen-bond donors (Lipinski definition) is 4. The highest BCUT2D eigenvalue weighted by Gasteiger charge is 2.39. The van der Waals surface area contributed by atoms with E-state index in [1.165, 1.54) is 0 Å². The van der Waals surface area contributed by atoms with E-state index >= 15 is 0 Å². The first-order valence-corrected chi connectivity index (χ1v) is 11.9. The molecule has 5 N–H and O–H groups in total. The van der Waals surface area contributed by atoms with Crippen LogP contribution in [0.25, 0.3) is 0 Å². The van der Waals surface area contributed by atoms with Gasteiger partial charge >= 0.3 is 8.80 Å². The van der Waals surface area contributed by atoms with Gasteiger partial charge in [-0.2, -0.15) is 0 Å². The van der Waals surface area contributed by atoms with Gasteiger partial charge in [0.15, 0.2) is 0 Å². The van der Waals surface area contributed by atoms with Crippen molar-refractivity contribution >= 4 is 8.80 Å². The number of hydrogen-bond acceptors (Lipinski definition) is 7. The summed E-state index contributed by atoms with van der Waals surface area (Å²) in [4.78, 5) is 0. The predicted molar refractivity (Wildman–Crippen MR) is 107 cm³/mol. The number of rotatable bonds is 20. The fraction of sp³-hybridized carbons (Fsp3) is 1.00. The third-order valence-corrected chi connectivity index (χ3v) is 6.82. The zero-order valence-electron chi connectivity index (χ0n) is 16.7. The Hall–Kier alpha value is -0.0631. The smallest absolute Gasteiger partial charge is 0.374 e. The van der Waals surface area contributed by atoms with Crippen molar-refractivity contribution in [3.05, 3.63) is 0 Å². The second kappa shape index (κ2) is 18.7. The second-order valence-electron chi connectivity index (χ2n) is 5.83. The Labute approximate surface area is 156 Å². The highest BCUT2D eigenvalue weighted by Crippen LogP contribution is 2.17. The van der Waals surface area contributed by atoms with E-state index in [0.29, 0.717) is 19.8 Å². The summed E-state index contributed by atoms with van der Waals surface area (Å²) in [7, 11) is -2.46. The molecule has 0 saturated carbocycles. The van der Waals surface area contributed by atoms with Gasteiger partial charge in [0, 0.05) is 39.0 Å². The van der Waals surface area contributed by atoms with E-state index in [9.17, 15) is 0 Å². The minimum atomic E-state index is -2.46. The normalized spacial score (nSPS) is 12.0. The van der Waals surface area contributed by atoms with Gasteiger partial charge in [-0.3, -0.25) is 0 Å². The molecule has 0 aliphatic carbocycles. The average Bonchev–Trinajstić information content (AvgIpc) is 2.60. The standard InChI is InChI=1S/C17H42N4O3Si/c1-4-22-25(23-5-2,24-6-3)17-9-14-19-12-8-13-21-16-15-20-11-7-10-18/h19-21H,4-18H2,1-3H3. The Morgan fingerprint density at radius 2 is 1.08 bits per heavy atom. The van der Waals surface area contributed by atoms with E-state index in [0.717, 1.165) is 71.1 Å². The lowest BCUT2D eigenvalue weighted by Gasteiger charge is -2.28. The van der Waals surface area contributed by atoms with Crippen LogP contribution in [0.5, 0.6) is 0 Å². The van der Waals surface area contributed by atoms with Crippen molar-refractivity contribution in [3.63, 3.8) is 0 Å². The van der Waals surface area contributed by atoms with Crippen molar-refractivity contribution in [2.24, 2.45) is 5.73 Å². The summed E-state index contributed by atoms with van der Waals surface area (Å²) in [6.45, 7) is 14.8. The van der Waals surface area contributed by atoms with Crippen molar-refractivity contribution in [1.29, 1.82) is 0 Å². The lowest BCUT2D eigenvalue weighted by molar-refractivity contribution is 0.0708. The molecule has 0 bridgehead atoms. The Bertz CT molecular complexity index is 259. The van der Waals surface area contributed by atoms with Crippen LogP contribution in [0.15, 0.2) is 0 Å². The molecule has 7 nitrogen and oxygen atoms in total. The van der Waals surface area contributed by atoms with E-state index in [2.05, 4.69) is 16.0 Å². The summed E-state index contributed by atoms with van der Waals surface area (Å²) in [6.07, 6.45) is 3.20. The van der Waals surface area contributed by atoms with Crippen molar-refractivity contribution in [2.75, 3.05) is 65.6 Å². The molecule has 0 aliphatic rings. The van der Waals surface area contributed by atoms with Crippen molar-refractivity contribution in [3.8, 4) is 0 Å². The summed E-state index contributed by atoms with van der Waals surface area (Å²) in [5.41, 5.74) is 5.45. The van der Waals surface area contributed by atoms with Crippen molar-refractivity contribution in [1.82, 2.24) is 16.0 Å². The molecule has 0 amide bonds. The van der Waals surface area contributed by atoms with Gasteiger partial charge in [0.2, 0.25) is 0 Å². The monoisotopic (exact) mass is 378 g/mol. The quantitative estimate of drug-likeness (QED) is 0.185. The lowest BCUT2D eigenvalue weighted by atomic mass is 10.4. The molecule has 0 heterocycles. The molecule has 152 valence electrons. The van der Waals surface area contributed by atoms with Crippen LogP contribution in [0.1, 0.15) is 40.0 Å². The molecular formula is C17H42N4O3Si. The number of nitrogens with one attached hydrogen (secondary N) is 3. The Balaban J connectivity index is 3.56. The molecule has 0 spiro atoms. The van der Waals surface area contributed by atoms with Crippen LogP contribution in [-0.4, -0.2) is 74.4 Å². The Kier molecular flexibility index (Phi) is 18.7. The summed E-state index contributed by atoms with van der Waals surface area (Å²) in [6, 6.07) is 0.877. The molecule has 0 fully saturated rings. The van der Waals surface area contributed by atoms with E-state index in [-0.39, 0.29) is 0 Å². The van der Waals surface area contributed by atoms with Crippen LogP contribution >= 0.6 is 0 Å². The minimum Gasteiger partial charge on any atom is -0.374 e. The van der Waals surface area contributed by atoms with E-state index < -0.39 is 8.80 Å². The van der Waals surface area contributed by atoms with Crippen LogP contribution in [-0.2, 0) is 13.3 Å². The highest BCUT2D eigenvalue weighted by molar-refractivity contribution is 6.60. The van der Waals surface area contributed by atoms with Crippen LogP contribution in [0.3, 0.4) is 0 Å². The molecular weight excluding hydrogens is 336 g/mol. The van der Waals surface area contributed by atoms with Crippen LogP contribution < -0.4 is 21.7 Å². The van der Waals surface area contributed by atoms with Gasteiger partial charge in [-0.1, -0.05) is 0 Å². The van der Waals surface area contributed by atoms with E-state index in [4.69, 9.17) is 19.0 Å². The summed E-state index contributed by atoms with van der Waals surface area (Å²) in [5, 5.41) is 10.3. The molecule has 0 rings (SSSR count). The fourth-order valence-electron chi connectivity index (χ4n) is 2.55. The molecule has 0 aliphatic heterocycles. The van der Waals surface area contributed by atoms with Crippen LogP contribution in [0.2, 0.25) is 6.04 Å². The van der Waals surface area contributed by atoms with Gasteiger partial charge in [-0.25, -0.2) is 0 Å². The zero-order chi connectivity index (χ0) is 18.6. The molecule has 0 radical (unpaired) electrons. The largest absolute Gasteiger partial charge is 0.500 e. The maximum atomic E-state index is 5.86. The fourth-order valence-corrected chi connectivity index (χ4v) is 5.16. The molecule has 0 atom stereocenters. The molecule has 25 heavy (non-hydrogen) atoms. The predicted octanol–water partition coefficient (Wildman–Crippen LogP) is 0.933. The van der Waals surface area contributed by atoms with Crippen LogP contribution in [0, 0.1) is 0 Å². The number of nitrogens with two attached hydrogens (primary N) is 1. The van der Waals surface area contributed by atoms with Crippen molar-refractivity contribution in [2.45, 2.75) is 46.1 Å². The molecule has 0 aromatic carbocycles. The molecule has 8 heteroatoms. The summed E-state index contributed by atoms with van der Waals surface area (Å²) < 4.78 is 17.6. The SMILES string of the molecule is CCO[Si](CCCNCCCNCCNCCCN)(OCC)OCC. The third kappa shape index (κ3) is 14.8. The second-order valence-corrected chi connectivity index (χ2v) is 8.56. The third-order valence-electron chi connectivity index (χ3n) is 3.67. The first-order chi connectivity index (χ1) is 12.2. The van der Waals surface area contributed by atoms with E-state index in [1.807, 2.05) is 20.8 Å². The topological polar surface area (TPSA) is 89.8 Å². The maximum Gasteiger partial charge on any atom is 0.500 e. The highest BCUT2D eigenvalue weighted by atomic mass is 28.4. The molecule has 0 saturated heterocycles. The molecule has 0 unspecified atom stereocenters. The van der Waals surface area contributed by atoms with Gasteiger partial charge in [0.05, 0.1) is 0 Å². The van der Waals surface area contributed by atoms with Gasteiger partial charge < -0.3 is 35.0 Å². The first-order valence-electron chi connectivity index (χ1n) is 9.98. The Morgan fingerprint density at radius 1 is 0.640 bits per heavy atom. The summed E-state index contributed by atoms with van der Waals surface area (Å²) in [5.74, 6) is 0. The van der Waals surface area contributed by atoms with Gasteiger partial charge in [0.25, 0.3) is 0 Å². The van der Waals surface area contributed by atoms with E-state index in [1.54, 1.807) is 0 Å². The molecule has 0 aromatic heterocycles. The molecule has 0 aromatic rings. The van der Waals surface area contributed by atoms with Gasteiger partial charge in [0.1, 0.15) is 0 Å². The van der Waals surface area contributed by atoms with Gasteiger partial charge in [-0.05, 0) is 72.8 Å². The minimum absolute atomic E-state index is 0.645. The lowest BCUT2D eigenvalue weighted by Crippen LogP contribution is -2.46. The first kappa shape index (κ1) is 24.9. The van der Waals surface area contributed by atoms with Crippen molar-refractivity contribution < 1.29 is 13.3 Å². The van der Waals surface area contributed by atoms with Crippen LogP contribution in [0.4, 0.5) is 0 Å². The Morgan fingerprint density at radius 3 is 1.56 bits per heavy atom. The van der Waals surface area contributed by atoms with Gasteiger partial charge in [-0.15, -0.1) is 0 Å². The zero-order valence-corrected chi connectivity index (χ0v) is 17.7. The maximum absolute atomic E-state index is 5.86.